The maximum atomic E-state index is 12.6. The minimum atomic E-state index is -0.262. The number of thioether (sulfide) groups is 1. The maximum Gasteiger partial charge on any atom is 0.237 e. The van der Waals surface area contributed by atoms with Crippen molar-refractivity contribution in [1.82, 2.24) is 15.5 Å². The standard InChI is InChI=1S/C18H22N4O2S/c19-16(23)12-7-4-8-22(9-12)18-20-14-13(11-5-2-1-3-6-11)10-25-15(14)17(24)21-18/h1-3,5-6,10,12,14-15,18,20H,4,7-9H2,(H2,19,23)(H,21,24). The Hall–Kier alpha value is -1.83. The smallest absolute Gasteiger partial charge is 0.237 e. The number of nitrogens with one attached hydrogen (secondary N) is 2. The van der Waals surface area contributed by atoms with Crippen LogP contribution in [-0.2, 0) is 9.59 Å². The zero-order chi connectivity index (χ0) is 17.4. The Morgan fingerprint density at radius 1 is 1.28 bits per heavy atom. The first-order valence-electron chi connectivity index (χ1n) is 8.64. The topological polar surface area (TPSA) is 87.5 Å². The Morgan fingerprint density at radius 3 is 2.84 bits per heavy atom. The number of rotatable bonds is 3. The van der Waals surface area contributed by atoms with Crippen LogP contribution in [0.5, 0.6) is 0 Å². The van der Waals surface area contributed by atoms with Gasteiger partial charge in [-0.2, -0.15) is 0 Å². The van der Waals surface area contributed by atoms with E-state index >= 15 is 0 Å². The molecule has 3 aliphatic rings. The SMILES string of the molecule is NC(=O)C1CCCN(C2NC(=O)C3SC=C(c4ccccc4)C3N2)C1. The van der Waals surface area contributed by atoms with Crippen LogP contribution in [0.3, 0.4) is 0 Å². The lowest BCUT2D eigenvalue weighted by Crippen LogP contribution is -2.69. The Bertz CT molecular complexity index is 708. The monoisotopic (exact) mass is 358 g/mol. The van der Waals surface area contributed by atoms with Crippen LogP contribution in [0, 0.1) is 5.92 Å². The first-order chi connectivity index (χ1) is 12.1. The minimum Gasteiger partial charge on any atom is -0.369 e. The molecular weight excluding hydrogens is 336 g/mol. The van der Waals surface area contributed by atoms with Gasteiger partial charge in [-0.25, -0.2) is 0 Å². The van der Waals surface area contributed by atoms with Gasteiger partial charge in [0.2, 0.25) is 11.8 Å². The predicted molar refractivity (Wildman–Crippen MR) is 98.1 cm³/mol. The zero-order valence-electron chi connectivity index (χ0n) is 13.9. The molecule has 1 aromatic rings. The highest BCUT2D eigenvalue weighted by molar-refractivity contribution is 8.04. The van der Waals surface area contributed by atoms with E-state index in [4.69, 9.17) is 5.73 Å². The maximum absolute atomic E-state index is 12.6. The highest BCUT2D eigenvalue weighted by atomic mass is 32.2. The van der Waals surface area contributed by atoms with Crippen LogP contribution in [0.1, 0.15) is 18.4 Å². The number of hydrogen-bond donors (Lipinski definition) is 3. The molecular formula is C18H22N4O2S. The van der Waals surface area contributed by atoms with E-state index < -0.39 is 0 Å². The minimum absolute atomic E-state index is 0.0277. The van der Waals surface area contributed by atoms with Gasteiger partial charge in [0, 0.05) is 13.1 Å². The van der Waals surface area contributed by atoms with Gasteiger partial charge in [0.05, 0.1) is 12.0 Å². The van der Waals surface area contributed by atoms with Gasteiger partial charge in [-0.15, -0.1) is 11.8 Å². The molecule has 1 aromatic carbocycles. The molecule has 2 saturated heterocycles. The van der Waals surface area contributed by atoms with Crippen molar-refractivity contribution in [2.24, 2.45) is 11.7 Å². The van der Waals surface area contributed by atoms with E-state index in [2.05, 4.69) is 33.1 Å². The van der Waals surface area contributed by atoms with E-state index in [1.165, 1.54) is 0 Å². The Labute approximate surface area is 151 Å². The third-order valence-electron chi connectivity index (χ3n) is 5.18. The number of primary amides is 1. The molecule has 6 nitrogen and oxygen atoms in total. The molecule has 0 bridgehead atoms. The summed E-state index contributed by atoms with van der Waals surface area (Å²) in [5, 5.41) is 8.57. The summed E-state index contributed by atoms with van der Waals surface area (Å²) >= 11 is 1.56. The molecule has 4 N–H and O–H groups in total. The quantitative estimate of drug-likeness (QED) is 0.741. The molecule has 4 rings (SSSR count). The number of nitrogens with two attached hydrogens (primary N) is 1. The van der Waals surface area contributed by atoms with Crippen molar-refractivity contribution in [2.75, 3.05) is 13.1 Å². The number of piperidine rings is 1. The summed E-state index contributed by atoms with van der Waals surface area (Å²) in [5.74, 6) is -0.361. The summed E-state index contributed by atoms with van der Waals surface area (Å²) in [4.78, 5) is 26.3. The van der Waals surface area contributed by atoms with Crippen molar-refractivity contribution in [2.45, 2.75) is 30.4 Å². The van der Waals surface area contributed by atoms with E-state index in [1.54, 1.807) is 11.8 Å². The lowest BCUT2D eigenvalue weighted by molar-refractivity contribution is -0.127. The second kappa shape index (κ2) is 6.82. The number of carbonyl (C=O) groups is 2. The number of nitrogens with zero attached hydrogens (tertiary/aromatic N) is 1. The van der Waals surface area contributed by atoms with Crippen molar-refractivity contribution in [3.8, 4) is 0 Å². The average Bonchev–Trinajstić information content (AvgIpc) is 3.07. The lowest BCUT2D eigenvalue weighted by Gasteiger charge is -2.43. The van der Waals surface area contributed by atoms with Gasteiger partial charge in [-0.05, 0) is 29.4 Å². The van der Waals surface area contributed by atoms with E-state index in [9.17, 15) is 9.59 Å². The Kier molecular flexibility index (Phi) is 4.54. The lowest BCUT2D eigenvalue weighted by atomic mass is 9.95. The fraction of sp³-hybridized carbons (Fsp3) is 0.444. The molecule has 0 aliphatic carbocycles. The number of carbonyl (C=O) groups excluding carboxylic acids is 2. The molecule has 132 valence electrons. The third kappa shape index (κ3) is 3.19. The van der Waals surface area contributed by atoms with Gasteiger partial charge < -0.3 is 11.1 Å². The second-order valence-electron chi connectivity index (χ2n) is 6.79. The summed E-state index contributed by atoms with van der Waals surface area (Å²) in [5.41, 5.74) is 7.77. The van der Waals surface area contributed by atoms with E-state index in [-0.39, 0.29) is 35.3 Å². The highest BCUT2D eigenvalue weighted by Crippen LogP contribution is 2.38. The molecule has 7 heteroatoms. The first-order valence-corrected chi connectivity index (χ1v) is 9.58. The molecule has 25 heavy (non-hydrogen) atoms. The Balaban J connectivity index is 1.52. The molecule has 0 aromatic heterocycles. The third-order valence-corrected chi connectivity index (χ3v) is 6.35. The van der Waals surface area contributed by atoms with Gasteiger partial charge in [-0.1, -0.05) is 30.3 Å². The van der Waals surface area contributed by atoms with Gasteiger partial charge in [0.1, 0.15) is 11.5 Å². The number of fused-ring (bicyclic) bond motifs is 1. The first kappa shape index (κ1) is 16.6. The Morgan fingerprint density at radius 2 is 2.08 bits per heavy atom. The fourth-order valence-corrected chi connectivity index (χ4v) is 4.98. The number of hydrogen-bond acceptors (Lipinski definition) is 5. The van der Waals surface area contributed by atoms with Crippen molar-refractivity contribution in [1.29, 1.82) is 0 Å². The zero-order valence-corrected chi connectivity index (χ0v) is 14.7. The second-order valence-corrected chi connectivity index (χ2v) is 7.80. The fourth-order valence-electron chi connectivity index (χ4n) is 3.83. The normalized spacial score (nSPS) is 32.6. The van der Waals surface area contributed by atoms with Crippen molar-refractivity contribution >= 4 is 29.1 Å². The van der Waals surface area contributed by atoms with Gasteiger partial charge in [0.15, 0.2) is 0 Å². The summed E-state index contributed by atoms with van der Waals surface area (Å²) in [6.45, 7) is 1.43. The van der Waals surface area contributed by atoms with Gasteiger partial charge in [0.25, 0.3) is 0 Å². The van der Waals surface area contributed by atoms with Crippen LogP contribution in [0.15, 0.2) is 35.7 Å². The van der Waals surface area contributed by atoms with Crippen LogP contribution in [-0.4, -0.2) is 47.4 Å². The van der Waals surface area contributed by atoms with Crippen LogP contribution < -0.4 is 16.4 Å². The average molecular weight is 358 g/mol. The van der Waals surface area contributed by atoms with Gasteiger partial charge in [-0.3, -0.25) is 19.8 Å². The molecule has 0 spiro atoms. The van der Waals surface area contributed by atoms with E-state index in [0.717, 1.165) is 30.5 Å². The van der Waals surface area contributed by atoms with Crippen LogP contribution >= 0.6 is 11.8 Å². The van der Waals surface area contributed by atoms with Gasteiger partial charge >= 0.3 is 0 Å². The molecule has 2 fully saturated rings. The molecule has 3 heterocycles. The molecule has 3 aliphatic heterocycles. The van der Waals surface area contributed by atoms with Crippen LogP contribution in [0.25, 0.3) is 5.57 Å². The van der Waals surface area contributed by atoms with E-state index in [0.29, 0.717) is 6.54 Å². The molecule has 4 unspecified atom stereocenters. The van der Waals surface area contributed by atoms with E-state index in [1.807, 2.05) is 18.2 Å². The van der Waals surface area contributed by atoms with Crippen LogP contribution in [0.2, 0.25) is 0 Å². The van der Waals surface area contributed by atoms with Crippen molar-refractivity contribution < 1.29 is 9.59 Å². The number of benzene rings is 1. The molecule has 0 saturated carbocycles. The predicted octanol–water partition coefficient (Wildman–Crippen LogP) is 0.712. The highest BCUT2D eigenvalue weighted by Gasteiger charge is 2.44. The summed E-state index contributed by atoms with van der Waals surface area (Å²) < 4.78 is 0. The van der Waals surface area contributed by atoms with Crippen molar-refractivity contribution in [3.63, 3.8) is 0 Å². The molecule has 0 radical (unpaired) electrons. The molecule has 4 atom stereocenters. The summed E-state index contributed by atoms with van der Waals surface area (Å²) in [6.07, 6.45) is 1.47. The van der Waals surface area contributed by atoms with Crippen molar-refractivity contribution in [3.05, 3.63) is 41.3 Å². The summed E-state index contributed by atoms with van der Waals surface area (Å²) in [6, 6.07) is 10.1. The van der Waals surface area contributed by atoms with Crippen LogP contribution in [0.4, 0.5) is 0 Å². The summed E-state index contributed by atoms with van der Waals surface area (Å²) in [7, 11) is 0. The molecule has 2 amide bonds. The number of likely N-dealkylation sites (tertiary alicyclic amines) is 1. The number of amides is 2. The largest absolute Gasteiger partial charge is 0.369 e.